The zero-order valence-electron chi connectivity index (χ0n) is 9.04. The van der Waals surface area contributed by atoms with Crippen LogP contribution in [0.4, 0.5) is 0 Å². The fourth-order valence-electron chi connectivity index (χ4n) is 1.41. The van der Waals surface area contributed by atoms with E-state index in [2.05, 4.69) is 9.97 Å². The van der Waals surface area contributed by atoms with Crippen molar-refractivity contribution in [3.63, 3.8) is 0 Å². The highest BCUT2D eigenvalue weighted by molar-refractivity contribution is 5.21. The summed E-state index contributed by atoms with van der Waals surface area (Å²) in [5, 5.41) is 8.71. The van der Waals surface area contributed by atoms with Gasteiger partial charge in [0, 0.05) is 25.6 Å². The molecule has 0 saturated heterocycles. The Morgan fingerprint density at radius 3 is 2.88 bits per heavy atom. The summed E-state index contributed by atoms with van der Waals surface area (Å²) < 4.78 is 2.99. The highest BCUT2D eigenvalue weighted by Gasteiger charge is 2.06. The maximum absolute atomic E-state index is 11.5. The monoisotopic (exact) mass is 231 g/mol. The van der Waals surface area contributed by atoms with Crippen LogP contribution in [0.2, 0.25) is 0 Å². The summed E-state index contributed by atoms with van der Waals surface area (Å²) in [5.41, 5.74) is -1.33. The van der Waals surface area contributed by atoms with Gasteiger partial charge in [0.15, 0.2) is 0 Å². The number of H-pyrrole nitrogens is 1. The Labute approximate surface area is 95.6 Å². The zero-order valence-corrected chi connectivity index (χ0v) is 9.04. The van der Waals surface area contributed by atoms with Gasteiger partial charge in [0.05, 0.1) is 6.54 Å². The molecule has 0 aromatic carbocycles. The first kappa shape index (κ1) is 10.9. The molecule has 1 N–H and O–H groups in total. The van der Waals surface area contributed by atoms with Crippen LogP contribution in [0.3, 0.4) is 0 Å². The van der Waals surface area contributed by atoms with Crippen molar-refractivity contribution in [3.05, 3.63) is 50.8 Å². The SMILES string of the molecule is Cn1ccnc1Cn1cc(C#N)c(=O)[nH]c1=O. The Kier molecular flexibility index (Phi) is 2.62. The fourth-order valence-corrected chi connectivity index (χ4v) is 1.41. The molecule has 0 spiro atoms. The molecule has 0 bridgehead atoms. The van der Waals surface area contributed by atoms with Gasteiger partial charge in [0.2, 0.25) is 0 Å². The average Bonchev–Trinajstić information content (AvgIpc) is 2.68. The van der Waals surface area contributed by atoms with Crippen LogP contribution in [0, 0.1) is 11.3 Å². The normalized spacial score (nSPS) is 10.1. The highest BCUT2D eigenvalue weighted by Crippen LogP contribution is 1.96. The topological polar surface area (TPSA) is 96.5 Å². The van der Waals surface area contributed by atoms with Gasteiger partial charge in [-0.05, 0) is 0 Å². The molecular weight excluding hydrogens is 222 g/mol. The molecule has 0 aliphatic heterocycles. The van der Waals surface area contributed by atoms with E-state index < -0.39 is 11.2 Å². The van der Waals surface area contributed by atoms with E-state index in [1.165, 1.54) is 10.8 Å². The lowest BCUT2D eigenvalue weighted by atomic mass is 10.4. The van der Waals surface area contributed by atoms with Crippen LogP contribution >= 0.6 is 0 Å². The number of nitrogens with zero attached hydrogens (tertiary/aromatic N) is 4. The maximum Gasteiger partial charge on any atom is 0.328 e. The number of aryl methyl sites for hydroxylation is 1. The third-order valence-electron chi connectivity index (χ3n) is 2.36. The Balaban J connectivity index is 2.48. The van der Waals surface area contributed by atoms with Crippen molar-refractivity contribution < 1.29 is 0 Å². The molecule has 0 aliphatic rings. The fraction of sp³-hybridized carbons (Fsp3) is 0.200. The molecule has 0 amide bonds. The number of nitrogens with one attached hydrogen (secondary N) is 1. The van der Waals surface area contributed by atoms with Gasteiger partial charge in [-0.25, -0.2) is 9.78 Å². The Morgan fingerprint density at radius 1 is 1.53 bits per heavy atom. The third-order valence-corrected chi connectivity index (χ3v) is 2.36. The molecule has 0 aliphatic carbocycles. The Bertz CT molecular complexity index is 700. The van der Waals surface area contributed by atoms with Crippen molar-refractivity contribution in [2.75, 3.05) is 0 Å². The van der Waals surface area contributed by atoms with Crippen LogP contribution in [0.25, 0.3) is 0 Å². The number of aromatic nitrogens is 4. The first-order valence-electron chi connectivity index (χ1n) is 4.82. The summed E-state index contributed by atoms with van der Waals surface area (Å²) in [7, 11) is 1.80. The lowest BCUT2D eigenvalue weighted by molar-refractivity contribution is 0.656. The summed E-state index contributed by atoms with van der Waals surface area (Å²) >= 11 is 0. The lowest BCUT2D eigenvalue weighted by Gasteiger charge is -2.04. The van der Waals surface area contributed by atoms with Crippen LogP contribution in [0.5, 0.6) is 0 Å². The second kappa shape index (κ2) is 4.09. The molecular formula is C10H9N5O2. The second-order valence-electron chi connectivity index (χ2n) is 3.50. The van der Waals surface area contributed by atoms with E-state index in [1.807, 2.05) is 0 Å². The lowest BCUT2D eigenvalue weighted by Crippen LogP contribution is -2.31. The van der Waals surface area contributed by atoms with E-state index in [0.29, 0.717) is 5.82 Å². The minimum Gasteiger partial charge on any atom is -0.337 e. The Morgan fingerprint density at radius 2 is 2.29 bits per heavy atom. The molecule has 0 radical (unpaired) electrons. The molecule has 7 nitrogen and oxygen atoms in total. The molecule has 2 aromatic heterocycles. The van der Waals surface area contributed by atoms with Crippen LogP contribution in [-0.4, -0.2) is 19.1 Å². The number of nitriles is 1. The van der Waals surface area contributed by atoms with E-state index in [0.717, 1.165) is 0 Å². The van der Waals surface area contributed by atoms with Crippen molar-refractivity contribution >= 4 is 0 Å². The standard InChI is InChI=1S/C10H9N5O2/c1-14-3-2-12-8(14)6-15-5-7(4-11)9(16)13-10(15)17/h2-3,5H,6H2,1H3,(H,13,16,17). The zero-order chi connectivity index (χ0) is 12.4. The molecule has 2 aromatic rings. The summed E-state index contributed by atoms with van der Waals surface area (Å²) in [6.07, 6.45) is 4.59. The minimum absolute atomic E-state index is 0.0983. The van der Waals surface area contributed by atoms with Gasteiger partial charge in [0.25, 0.3) is 5.56 Å². The summed E-state index contributed by atoms with van der Waals surface area (Å²) in [5.74, 6) is 0.656. The van der Waals surface area contributed by atoms with Gasteiger partial charge in [-0.3, -0.25) is 14.3 Å². The van der Waals surface area contributed by atoms with Crippen molar-refractivity contribution in [2.45, 2.75) is 6.54 Å². The molecule has 0 saturated carbocycles. The quantitative estimate of drug-likeness (QED) is 0.731. The van der Waals surface area contributed by atoms with Crippen molar-refractivity contribution in [1.82, 2.24) is 19.1 Å². The van der Waals surface area contributed by atoms with Gasteiger partial charge in [-0.15, -0.1) is 0 Å². The van der Waals surface area contributed by atoms with Gasteiger partial charge < -0.3 is 4.57 Å². The molecule has 2 rings (SSSR count). The van der Waals surface area contributed by atoms with Crippen LogP contribution in [-0.2, 0) is 13.6 Å². The number of imidazole rings is 1. The number of hydrogen-bond acceptors (Lipinski definition) is 4. The first-order chi connectivity index (χ1) is 8.11. The molecule has 0 atom stereocenters. The Hall–Kier alpha value is -2.62. The predicted octanol–water partition coefficient (Wildman–Crippen LogP) is -0.810. The van der Waals surface area contributed by atoms with Crippen molar-refractivity contribution in [2.24, 2.45) is 7.05 Å². The third kappa shape index (κ3) is 2.01. The minimum atomic E-state index is -0.673. The van der Waals surface area contributed by atoms with E-state index in [9.17, 15) is 9.59 Å². The van der Waals surface area contributed by atoms with E-state index in [1.54, 1.807) is 30.1 Å². The molecule has 17 heavy (non-hydrogen) atoms. The molecule has 7 heteroatoms. The van der Waals surface area contributed by atoms with Crippen LogP contribution in [0.1, 0.15) is 11.4 Å². The average molecular weight is 231 g/mol. The van der Waals surface area contributed by atoms with E-state index >= 15 is 0 Å². The number of rotatable bonds is 2. The predicted molar refractivity (Wildman–Crippen MR) is 58.3 cm³/mol. The van der Waals surface area contributed by atoms with Gasteiger partial charge in [-0.1, -0.05) is 0 Å². The van der Waals surface area contributed by atoms with Crippen molar-refractivity contribution in [1.29, 1.82) is 5.26 Å². The van der Waals surface area contributed by atoms with Gasteiger partial charge >= 0.3 is 5.69 Å². The van der Waals surface area contributed by atoms with Crippen LogP contribution in [0.15, 0.2) is 28.2 Å². The molecule has 2 heterocycles. The van der Waals surface area contributed by atoms with Crippen molar-refractivity contribution in [3.8, 4) is 6.07 Å². The first-order valence-corrected chi connectivity index (χ1v) is 4.82. The smallest absolute Gasteiger partial charge is 0.328 e. The summed E-state index contributed by atoms with van der Waals surface area (Å²) in [6, 6.07) is 1.73. The van der Waals surface area contributed by atoms with E-state index in [-0.39, 0.29) is 12.1 Å². The number of hydrogen-bond donors (Lipinski definition) is 1. The maximum atomic E-state index is 11.5. The van der Waals surface area contributed by atoms with E-state index in [4.69, 9.17) is 5.26 Å². The summed E-state index contributed by atoms with van der Waals surface area (Å²) in [4.78, 5) is 28.8. The molecule has 0 unspecified atom stereocenters. The molecule has 0 fully saturated rings. The highest BCUT2D eigenvalue weighted by atomic mass is 16.2. The molecule has 86 valence electrons. The van der Waals surface area contributed by atoms with Gasteiger partial charge in [0.1, 0.15) is 17.5 Å². The number of aromatic amines is 1. The van der Waals surface area contributed by atoms with Crippen LogP contribution < -0.4 is 11.2 Å². The summed E-state index contributed by atoms with van der Waals surface area (Å²) in [6.45, 7) is 0.202. The largest absolute Gasteiger partial charge is 0.337 e. The van der Waals surface area contributed by atoms with Gasteiger partial charge in [-0.2, -0.15) is 5.26 Å². The second-order valence-corrected chi connectivity index (χ2v) is 3.50.